The molecule has 1 amide bonds. The van der Waals surface area contributed by atoms with E-state index in [-0.39, 0.29) is 11.6 Å². The minimum atomic E-state index is -0.458. The minimum Gasteiger partial charge on any atom is -0.444 e. The number of nitrogens with zero attached hydrogens (tertiary/aromatic N) is 1. The molecule has 0 aromatic heterocycles. The van der Waals surface area contributed by atoms with Crippen molar-refractivity contribution in [3.8, 4) is 0 Å². The number of ether oxygens (including phenoxy) is 1. The summed E-state index contributed by atoms with van der Waals surface area (Å²) in [4.78, 5) is 14.3. The zero-order valence-electron chi connectivity index (χ0n) is 16.8. The average Bonchev–Trinajstić information content (AvgIpc) is 2.36. The van der Waals surface area contributed by atoms with Crippen LogP contribution in [0.4, 0.5) is 4.79 Å². The molecule has 0 heterocycles. The number of carbonyl (C=O) groups excluding carboxylic acids is 1. The van der Waals surface area contributed by atoms with E-state index >= 15 is 0 Å². The molecule has 0 aliphatic carbocycles. The topological polar surface area (TPSA) is 41.6 Å². The first-order valence-electron chi connectivity index (χ1n) is 9.25. The molecule has 138 valence electrons. The summed E-state index contributed by atoms with van der Waals surface area (Å²) in [7, 11) is 0. The predicted octanol–water partition coefficient (Wildman–Crippen LogP) is 4.97. The van der Waals surface area contributed by atoms with Crippen LogP contribution in [-0.4, -0.2) is 41.3 Å². The summed E-state index contributed by atoms with van der Waals surface area (Å²) in [5, 5.41) is 3.63. The molecule has 0 saturated heterocycles. The first-order chi connectivity index (χ1) is 10.5. The van der Waals surface area contributed by atoms with E-state index in [4.69, 9.17) is 4.74 Å². The summed E-state index contributed by atoms with van der Waals surface area (Å²) in [6.07, 6.45) is 5.86. The van der Waals surface area contributed by atoms with Crippen LogP contribution in [0.2, 0.25) is 0 Å². The summed E-state index contributed by atoms with van der Waals surface area (Å²) in [6, 6.07) is 0.556. The van der Waals surface area contributed by atoms with Gasteiger partial charge in [-0.05, 0) is 54.4 Å². The standard InChI is InChI=1S/C19H40N2O2/c1-9-11-13-16(12-10-2)20-14-15-21(18(3,4)5)17(22)23-19(6,7)8/h16,20H,9-15H2,1-8H3. The van der Waals surface area contributed by atoms with Gasteiger partial charge in [0.1, 0.15) is 5.60 Å². The SMILES string of the molecule is CCCCC(CCC)NCCN(C(=O)OC(C)(C)C)C(C)(C)C. The van der Waals surface area contributed by atoms with Crippen LogP contribution >= 0.6 is 0 Å². The highest BCUT2D eigenvalue weighted by molar-refractivity contribution is 5.69. The maximum Gasteiger partial charge on any atom is 0.410 e. The van der Waals surface area contributed by atoms with E-state index in [0.29, 0.717) is 12.6 Å². The lowest BCUT2D eigenvalue weighted by Gasteiger charge is -2.37. The average molecular weight is 329 g/mol. The van der Waals surface area contributed by atoms with Crippen molar-refractivity contribution in [3.63, 3.8) is 0 Å². The van der Waals surface area contributed by atoms with E-state index in [0.717, 1.165) is 6.54 Å². The maximum absolute atomic E-state index is 12.5. The Labute approximate surface area is 144 Å². The second-order valence-electron chi connectivity index (χ2n) is 8.38. The van der Waals surface area contributed by atoms with Gasteiger partial charge < -0.3 is 15.0 Å². The van der Waals surface area contributed by atoms with E-state index < -0.39 is 5.60 Å². The van der Waals surface area contributed by atoms with Crippen LogP contribution in [0.1, 0.15) is 87.5 Å². The lowest BCUT2D eigenvalue weighted by molar-refractivity contribution is 0.00642. The molecule has 0 aliphatic rings. The van der Waals surface area contributed by atoms with Crippen molar-refractivity contribution in [1.29, 1.82) is 0 Å². The van der Waals surface area contributed by atoms with Crippen LogP contribution in [0.5, 0.6) is 0 Å². The van der Waals surface area contributed by atoms with E-state index in [1.165, 1.54) is 32.1 Å². The van der Waals surface area contributed by atoms with Gasteiger partial charge in [-0.3, -0.25) is 0 Å². The van der Waals surface area contributed by atoms with Crippen molar-refractivity contribution in [2.24, 2.45) is 0 Å². The second kappa shape index (κ2) is 10.2. The molecule has 0 spiro atoms. The molecule has 0 radical (unpaired) electrons. The molecule has 0 aliphatic heterocycles. The van der Waals surface area contributed by atoms with Gasteiger partial charge in [0.2, 0.25) is 0 Å². The van der Waals surface area contributed by atoms with Crippen LogP contribution in [0.15, 0.2) is 0 Å². The summed E-state index contributed by atoms with van der Waals surface area (Å²) < 4.78 is 5.56. The van der Waals surface area contributed by atoms with Gasteiger partial charge in [-0.2, -0.15) is 0 Å². The van der Waals surface area contributed by atoms with Gasteiger partial charge >= 0.3 is 6.09 Å². The smallest absolute Gasteiger partial charge is 0.410 e. The monoisotopic (exact) mass is 328 g/mol. The Morgan fingerprint density at radius 2 is 1.65 bits per heavy atom. The fraction of sp³-hybridized carbons (Fsp3) is 0.947. The van der Waals surface area contributed by atoms with Gasteiger partial charge in [-0.1, -0.05) is 33.1 Å². The van der Waals surface area contributed by atoms with E-state index in [9.17, 15) is 4.79 Å². The van der Waals surface area contributed by atoms with Crippen molar-refractivity contribution < 1.29 is 9.53 Å². The Morgan fingerprint density at radius 1 is 1.04 bits per heavy atom. The first kappa shape index (κ1) is 22.2. The molecule has 1 N–H and O–H groups in total. The highest BCUT2D eigenvalue weighted by Gasteiger charge is 2.30. The summed E-state index contributed by atoms with van der Waals surface area (Å²) in [5.74, 6) is 0. The number of nitrogens with one attached hydrogen (secondary N) is 1. The Hall–Kier alpha value is -0.770. The number of unbranched alkanes of at least 4 members (excludes halogenated alkanes) is 1. The number of carbonyl (C=O) groups is 1. The summed E-state index contributed by atoms with van der Waals surface area (Å²) in [5.41, 5.74) is -0.701. The van der Waals surface area contributed by atoms with Crippen LogP contribution < -0.4 is 5.32 Å². The van der Waals surface area contributed by atoms with E-state index in [1.54, 1.807) is 0 Å². The number of rotatable bonds is 9. The fourth-order valence-electron chi connectivity index (χ4n) is 2.55. The quantitative estimate of drug-likeness (QED) is 0.649. The predicted molar refractivity (Wildman–Crippen MR) is 98.9 cm³/mol. The first-order valence-corrected chi connectivity index (χ1v) is 9.25. The highest BCUT2D eigenvalue weighted by atomic mass is 16.6. The molecule has 0 bridgehead atoms. The Balaban J connectivity index is 4.58. The minimum absolute atomic E-state index is 0.229. The molecular formula is C19H40N2O2. The van der Waals surface area contributed by atoms with Gasteiger partial charge in [0.05, 0.1) is 0 Å². The number of hydrogen-bond donors (Lipinski definition) is 1. The summed E-state index contributed by atoms with van der Waals surface area (Å²) >= 11 is 0. The Morgan fingerprint density at radius 3 is 2.09 bits per heavy atom. The third-order valence-corrected chi connectivity index (χ3v) is 3.74. The van der Waals surface area contributed by atoms with Crippen LogP contribution in [-0.2, 0) is 4.74 Å². The van der Waals surface area contributed by atoms with Gasteiger partial charge in [-0.15, -0.1) is 0 Å². The Kier molecular flexibility index (Phi) is 9.83. The van der Waals surface area contributed by atoms with Gasteiger partial charge in [0.25, 0.3) is 0 Å². The van der Waals surface area contributed by atoms with Crippen molar-refractivity contribution >= 4 is 6.09 Å². The molecule has 1 unspecified atom stereocenters. The lowest BCUT2D eigenvalue weighted by Crippen LogP contribution is -2.51. The normalized spacial score (nSPS) is 13.7. The molecule has 23 heavy (non-hydrogen) atoms. The van der Waals surface area contributed by atoms with Crippen molar-refractivity contribution in [3.05, 3.63) is 0 Å². The van der Waals surface area contributed by atoms with Crippen LogP contribution in [0.3, 0.4) is 0 Å². The van der Waals surface area contributed by atoms with E-state index in [2.05, 4.69) is 39.9 Å². The molecule has 0 rings (SSSR count). The molecule has 0 fully saturated rings. The van der Waals surface area contributed by atoms with E-state index in [1.807, 2.05) is 25.7 Å². The Bertz CT molecular complexity index is 329. The van der Waals surface area contributed by atoms with Crippen molar-refractivity contribution in [2.45, 2.75) is 105 Å². The second-order valence-corrected chi connectivity index (χ2v) is 8.38. The highest BCUT2D eigenvalue weighted by Crippen LogP contribution is 2.18. The zero-order chi connectivity index (χ0) is 18.1. The van der Waals surface area contributed by atoms with Crippen LogP contribution in [0, 0.1) is 0 Å². The number of hydrogen-bond acceptors (Lipinski definition) is 3. The molecule has 0 aromatic carbocycles. The van der Waals surface area contributed by atoms with Crippen molar-refractivity contribution in [2.75, 3.05) is 13.1 Å². The van der Waals surface area contributed by atoms with Crippen molar-refractivity contribution in [1.82, 2.24) is 10.2 Å². The molecule has 0 saturated carbocycles. The number of amides is 1. The summed E-state index contributed by atoms with van der Waals surface area (Å²) in [6.45, 7) is 17.8. The third kappa shape index (κ3) is 10.6. The van der Waals surface area contributed by atoms with Gasteiger partial charge in [0, 0.05) is 24.7 Å². The molecular weight excluding hydrogens is 288 g/mol. The third-order valence-electron chi connectivity index (χ3n) is 3.74. The molecule has 4 nitrogen and oxygen atoms in total. The van der Waals surface area contributed by atoms with Gasteiger partial charge in [0.15, 0.2) is 0 Å². The lowest BCUT2D eigenvalue weighted by atomic mass is 10.0. The van der Waals surface area contributed by atoms with Crippen LogP contribution in [0.25, 0.3) is 0 Å². The molecule has 1 atom stereocenters. The molecule has 0 aromatic rings. The maximum atomic E-state index is 12.5. The zero-order valence-corrected chi connectivity index (χ0v) is 16.8. The fourth-order valence-corrected chi connectivity index (χ4v) is 2.55. The van der Waals surface area contributed by atoms with Gasteiger partial charge in [-0.25, -0.2) is 4.79 Å². The largest absolute Gasteiger partial charge is 0.444 e. The molecule has 4 heteroatoms.